The van der Waals surface area contributed by atoms with Gasteiger partial charge >= 0.3 is 0 Å². The monoisotopic (exact) mass is 344 g/mol. The van der Waals surface area contributed by atoms with E-state index in [0.717, 1.165) is 11.3 Å². The van der Waals surface area contributed by atoms with E-state index in [4.69, 9.17) is 13.6 Å². The van der Waals surface area contributed by atoms with Crippen LogP contribution in [-0.2, 0) is 0 Å². The van der Waals surface area contributed by atoms with Crippen molar-refractivity contribution in [1.29, 1.82) is 0 Å². The third kappa shape index (κ3) is 3.68. The number of rotatable bonds is 7. The topological polar surface area (TPSA) is 78.4 Å². The summed E-state index contributed by atoms with van der Waals surface area (Å²) < 4.78 is 16.1. The average molecular weight is 344 g/mol. The van der Waals surface area contributed by atoms with Gasteiger partial charge in [0.05, 0.1) is 24.2 Å². The van der Waals surface area contributed by atoms with Gasteiger partial charge in [-0.25, -0.2) is 0 Å². The molecule has 3 aromatic rings. The first-order chi connectivity index (χ1) is 11.7. The first-order valence-electron chi connectivity index (χ1n) is 7.44. The van der Waals surface area contributed by atoms with Gasteiger partial charge in [0.25, 0.3) is 11.1 Å². The average Bonchev–Trinajstić information content (AvgIpc) is 3.22. The molecule has 6 nitrogen and oxygen atoms in total. The lowest BCUT2D eigenvalue weighted by Gasteiger charge is -2.03. The van der Waals surface area contributed by atoms with Crippen LogP contribution in [0.5, 0.6) is 5.75 Å². The van der Waals surface area contributed by atoms with Gasteiger partial charge < -0.3 is 13.6 Å². The SMILES string of the molecule is CCOc1ccc(C(=O)CSc2nnc(-c3ccoc3C)o2)cc1. The molecule has 0 fully saturated rings. The highest BCUT2D eigenvalue weighted by molar-refractivity contribution is 7.99. The summed E-state index contributed by atoms with van der Waals surface area (Å²) in [4.78, 5) is 12.2. The second kappa shape index (κ2) is 7.35. The van der Waals surface area contributed by atoms with E-state index < -0.39 is 0 Å². The quantitative estimate of drug-likeness (QED) is 0.473. The van der Waals surface area contributed by atoms with Crippen molar-refractivity contribution < 1.29 is 18.4 Å². The highest BCUT2D eigenvalue weighted by Gasteiger charge is 2.15. The summed E-state index contributed by atoms with van der Waals surface area (Å²) in [6.45, 7) is 4.33. The standard InChI is InChI=1S/C17H16N2O4S/c1-3-21-13-6-4-12(5-7-13)15(20)10-24-17-19-18-16(23-17)14-8-9-22-11(14)2/h4-9H,3,10H2,1-2H3. The van der Waals surface area contributed by atoms with Gasteiger partial charge in [-0.3, -0.25) is 4.79 Å². The number of aromatic nitrogens is 2. The maximum Gasteiger partial charge on any atom is 0.277 e. The lowest BCUT2D eigenvalue weighted by Crippen LogP contribution is -2.02. The Balaban J connectivity index is 1.60. The molecule has 0 aliphatic carbocycles. The first kappa shape index (κ1) is 16.3. The summed E-state index contributed by atoms with van der Waals surface area (Å²) in [5, 5.41) is 8.28. The highest BCUT2D eigenvalue weighted by Crippen LogP contribution is 2.26. The van der Waals surface area contributed by atoms with Crippen molar-refractivity contribution in [3.63, 3.8) is 0 Å². The smallest absolute Gasteiger partial charge is 0.277 e. The molecule has 2 heterocycles. The van der Waals surface area contributed by atoms with Crippen LogP contribution in [0.15, 0.2) is 50.7 Å². The zero-order valence-corrected chi connectivity index (χ0v) is 14.1. The van der Waals surface area contributed by atoms with Crippen LogP contribution < -0.4 is 4.74 Å². The van der Waals surface area contributed by atoms with Crippen molar-refractivity contribution >= 4 is 17.5 Å². The Kier molecular flexibility index (Phi) is 5.00. The van der Waals surface area contributed by atoms with Crippen molar-refractivity contribution in [1.82, 2.24) is 10.2 Å². The van der Waals surface area contributed by atoms with E-state index in [0.29, 0.717) is 29.0 Å². The van der Waals surface area contributed by atoms with Crippen molar-refractivity contribution in [3.05, 3.63) is 47.9 Å². The summed E-state index contributed by atoms with van der Waals surface area (Å²) >= 11 is 1.21. The van der Waals surface area contributed by atoms with E-state index in [-0.39, 0.29) is 11.5 Å². The number of hydrogen-bond donors (Lipinski definition) is 0. The molecule has 0 N–H and O–H groups in total. The maximum atomic E-state index is 12.2. The third-order valence-corrected chi connectivity index (χ3v) is 4.13. The maximum absolute atomic E-state index is 12.2. The Morgan fingerprint density at radius 1 is 1.21 bits per heavy atom. The first-order valence-corrected chi connectivity index (χ1v) is 8.42. The Bertz CT molecular complexity index is 823. The van der Waals surface area contributed by atoms with Gasteiger partial charge in [0.2, 0.25) is 0 Å². The van der Waals surface area contributed by atoms with Gasteiger partial charge in [-0.1, -0.05) is 11.8 Å². The summed E-state index contributed by atoms with van der Waals surface area (Å²) in [5.41, 5.74) is 1.38. The molecule has 2 aromatic heterocycles. The molecule has 0 amide bonds. The molecular weight excluding hydrogens is 328 g/mol. The van der Waals surface area contributed by atoms with Crippen LogP contribution >= 0.6 is 11.8 Å². The van der Waals surface area contributed by atoms with Crippen LogP contribution in [0, 0.1) is 6.92 Å². The van der Waals surface area contributed by atoms with Gasteiger partial charge in [-0.15, -0.1) is 10.2 Å². The zero-order valence-electron chi connectivity index (χ0n) is 13.3. The Morgan fingerprint density at radius 3 is 2.67 bits per heavy atom. The van der Waals surface area contributed by atoms with Gasteiger partial charge in [-0.05, 0) is 44.2 Å². The van der Waals surface area contributed by atoms with E-state index in [2.05, 4.69) is 10.2 Å². The molecule has 0 spiro atoms. The Morgan fingerprint density at radius 2 is 2.00 bits per heavy atom. The minimum Gasteiger partial charge on any atom is -0.494 e. The van der Waals surface area contributed by atoms with Gasteiger partial charge in [0, 0.05) is 5.56 Å². The van der Waals surface area contributed by atoms with Crippen LogP contribution in [0.3, 0.4) is 0 Å². The van der Waals surface area contributed by atoms with E-state index >= 15 is 0 Å². The third-order valence-electron chi connectivity index (χ3n) is 3.31. The number of ketones is 1. The fraction of sp³-hybridized carbons (Fsp3) is 0.235. The zero-order chi connectivity index (χ0) is 16.9. The molecule has 0 aliphatic heterocycles. The van der Waals surface area contributed by atoms with Crippen molar-refractivity contribution in [2.45, 2.75) is 19.1 Å². The van der Waals surface area contributed by atoms with Crippen molar-refractivity contribution in [2.24, 2.45) is 0 Å². The van der Waals surface area contributed by atoms with E-state index in [1.807, 2.05) is 13.8 Å². The molecule has 0 atom stereocenters. The fourth-order valence-electron chi connectivity index (χ4n) is 2.10. The van der Waals surface area contributed by atoms with Gasteiger partial charge in [0.1, 0.15) is 11.5 Å². The molecule has 0 unspecified atom stereocenters. The Hall–Kier alpha value is -2.54. The number of nitrogens with zero attached hydrogens (tertiary/aromatic N) is 2. The van der Waals surface area contributed by atoms with Crippen LogP contribution in [0.2, 0.25) is 0 Å². The largest absolute Gasteiger partial charge is 0.494 e. The van der Waals surface area contributed by atoms with E-state index in [9.17, 15) is 4.79 Å². The van der Waals surface area contributed by atoms with Gasteiger partial charge in [0.15, 0.2) is 5.78 Å². The number of carbonyl (C=O) groups excluding carboxylic acids is 1. The van der Waals surface area contributed by atoms with Crippen LogP contribution in [0.1, 0.15) is 23.0 Å². The second-order valence-electron chi connectivity index (χ2n) is 4.93. The summed E-state index contributed by atoms with van der Waals surface area (Å²) in [5.74, 6) is 2.05. The molecule has 0 saturated heterocycles. The molecule has 7 heteroatoms. The number of furan rings is 1. The molecule has 0 bridgehead atoms. The number of aryl methyl sites for hydroxylation is 1. The van der Waals surface area contributed by atoms with Crippen molar-refractivity contribution in [2.75, 3.05) is 12.4 Å². The van der Waals surface area contributed by atoms with E-state index in [1.54, 1.807) is 36.6 Å². The van der Waals surface area contributed by atoms with Crippen LogP contribution in [0.4, 0.5) is 0 Å². The second-order valence-corrected chi connectivity index (χ2v) is 5.86. The lowest BCUT2D eigenvalue weighted by molar-refractivity contribution is 0.102. The number of ether oxygens (including phenoxy) is 1. The molecule has 3 rings (SSSR count). The number of Topliss-reactive ketones (excluding diaryl/α,β-unsaturated/α-hetero) is 1. The van der Waals surface area contributed by atoms with Gasteiger partial charge in [-0.2, -0.15) is 0 Å². The molecular formula is C17H16N2O4S. The van der Waals surface area contributed by atoms with Crippen LogP contribution in [-0.4, -0.2) is 28.3 Å². The molecule has 0 aliphatic rings. The summed E-state index contributed by atoms with van der Waals surface area (Å²) in [6, 6.07) is 8.84. The predicted octanol–water partition coefficient (Wildman–Crippen LogP) is 4.01. The Labute approximate surface area is 143 Å². The summed E-state index contributed by atoms with van der Waals surface area (Å²) in [7, 11) is 0. The normalized spacial score (nSPS) is 10.8. The van der Waals surface area contributed by atoms with E-state index in [1.165, 1.54) is 11.8 Å². The molecule has 0 radical (unpaired) electrons. The molecule has 1 aromatic carbocycles. The number of carbonyl (C=O) groups is 1. The number of thioether (sulfide) groups is 1. The number of hydrogen-bond acceptors (Lipinski definition) is 7. The lowest BCUT2D eigenvalue weighted by atomic mass is 10.1. The van der Waals surface area contributed by atoms with Crippen LogP contribution in [0.25, 0.3) is 11.5 Å². The summed E-state index contributed by atoms with van der Waals surface area (Å²) in [6.07, 6.45) is 1.57. The molecule has 0 saturated carbocycles. The highest BCUT2D eigenvalue weighted by atomic mass is 32.2. The molecule has 124 valence electrons. The fourth-order valence-corrected chi connectivity index (χ4v) is 2.76. The minimum atomic E-state index is -0.0118. The minimum absolute atomic E-state index is 0.0118. The predicted molar refractivity (Wildman–Crippen MR) is 89.4 cm³/mol. The van der Waals surface area contributed by atoms with Crippen molar-refractivity contribution in [3.8, 4) is 17.2 Å². The molecule has 24 heavy (non-hydrogen) atoms. The number of benzene rings is 1.